The van der Waals surface area contributed by atoms with Gasteiger partial charge in [0.05, 0.1) is 15.8 Å². The molecule has 9 heteroatoms. The number of nitrogens with one attached hydrogen (secondary N) is 1. The van der Waals surface area contributed by atoms with Crippen molar-refractivity contribution in [2.45, 2.75) is 25.6 Å². The molecular weight excluding hydrogens is 431 g/mol. The number of hydrogen-bond donors (Lipinski definition) is 1. The molecular formula is C20H20Cl2N4O2S. The zero-order chi connectivity index (χ0) is 21.0. The Bertz CT molecular complexity index is 1020. The van der Waals surface area contributed by atoms with E-state index in [2.05, 4.69) is 21.6 Å². The third kappa shape index (κ3) is 5.88. The van der Waals surface area contributed by atoms with E-state index < -0.39 is 0 Å². The van der Waals surface area contributed by atoms with E-state index >= 15 is 0 Å². The maximum absolute atomic E-state index is 12.2. The van der Waals surface area contributed by atoms with Crippen LogP contribution in [0.5, 0.6) is 5.75 Å². The lowest BCUT2D eigenvalue weighted by Gasteiger charge is -2.08. The SMILES string of the molecule is Cc1cc(C)cc(OCc2nnc(SCC(=O)Nc3ccc(Cl)c(Cl)c3)n2C)c1. The Morgan fingerprint density at radius 3 is 2.52 bits per heavy atom. The van der Waals surface area contributed by atoms with Gasteiger partial charge in [-0.25, -0.2) is 0 Å². The highest BCUT2D eigenvalue weighted by molar-refractivity contribution is 7.99. The lowest BCUT2D eigenvalue weighted by Crippen LogP contribution is -2.14. The molecule has 0 saturated carbocycles. The monoisotopic (exact) mass is 450 g/mol. The molecule has 0 radical (unpaired) electrons. The molecule has 1 aromatic heterocycles. The van der Waals surface area contributed by atoms with Gasteiger partial charge in [0, 0.05) is 12.7 Å². The maximum atomic E-state index is 12.2. The minimum Gasteiger partial charge on any atom is -0.486 e. The van der Waals surface area contributed by atoms with E-state index in [1.165, 1.54) is 11.8 Å². The first-order valence-corrected chi connectivity index (χ1v) is 10.5. The van der Waals surface area contributed by atoms with Crippen molar-refractivity contribution in [2.24, 2.45) is 7.05 Å². The molecule has 0 aliphatic rings. The molecule has 6 nitrogen and oxygen atoms in total. The summed E-state index contributed by atoms with van der Waals surface area (Å²) < 4.78 is 7.66. The summed E-state index contributed by atoms with van der Waals surface area (Å²) >= 11 is 13.1. The zero-order valence-corrected chi connectivity index (χ0v) is 18.5. The van der Waals surface area contributed by atoms with Gasteiger partial charge in [-0.15, -0.1) is 10.2 Å². The van der Waals surface area contributed by atoms with Gasteiger partial charge in [0.15, 0.2) is 11.0 Å². The number of aromatic nitrogens is 3. The van der Waals surface area contributed by atoms with Crippen LogP contribution < -0.4 is 10.1 Å². The van der Waals surface area contributed by atoms with E-state index in [0.717, 1.165) is 16.9 Å². The number of ether oxygens (including phenoxy) is 1. The lowest BCUT2D eigenvalue weighted by atomic mass is 10.1. The minimum absolute atomic E-state index is 0.176. The number of amides is 1. The van der Waals surface area contributed by atoms with Crippen molar-refractivity contribution in [1.82, 2.24) is 14.8 Å². The quantitative estimate of drug-likeness (QED) is 0.510. The third-order valence-electron chi connectivity index (χ3n) is 4.02. The molecule has 29 heavy (non-hydrogen) atoms. The van der Waals surface area contributed by atoms with Crippen molar-refractivity contribution in [3.8, 4) is 5.75 Å². The van der Waals surface area contributed by atoms with Crippen LogP contribution >= 0.6 is 35.0 Å². The number of thioether (sulfide) groups is 1. The number of anilines is 1. The van der Waals surface area contributed by atoms with Gasteiger partial charge in [-0.2, -0.15) is 0 Å². The summed E-state index contributed by atoms with van der Waals surface area (Å²) in [5.74, 6) is 1.48. The van der Waals surface area contributed by atoms with E-state index in [1.807, 2.05) is 37.6 Å². The summed E-state index contributed by atoms with van der Waals surface area (Å²) in [4.78, 5) is 12.2. The average molecular weight is 451 g/mol. The number of halogens is 2. The number of aryl methyl sites for hydroxylation is 2. The summed E-state index contributed by atoms with van der Waals surface area (Å²) in [7, 11) is 1.85. The Balaban J connectivity index is 1.54. The fourth-order valence-corrected chi connectivity index (χ4v) is 3.69. The van der Waals surface area contributed by atoms with Gasteiger partial charge in [0.25, 0.3) is 0 Å². The second-order valence-electron chi connectivity index (χ2n) is 6.54. The number of carbonyl (C=O) groups excluding carboxylic acids is 1. The summed E-state index contributed by atoms with van der Waals surface area (Å²) in [6.45, 7) is 4.35. The maximum Gasteiger partial charge on any atom is 0.234 e. The predicted molar refractivity (Wildman–Crippen MR) is 117 cm³/mol. The molecule has 0 spiro atoms. The molecule has 1 amide bonds. The minimum atomic E-state index is -0.176. The van der Waals surface area contributed by atoms with E-state index in [0.29, 0.717) is 33.3 Å². The first-order chi connectivity index (χ1) is 13.8. The highest BCUT2D eigenvalue weighted by Crippen LogP contribution is 2.25. The van der Waals surface area contributed by atoms with Crippen LogP contribution in [0.15, 0.2) is 41.6 Å². The van der Waals surface area contributed by atoms with Crippen molar-refractivity contribution < 1.29 is 9.53 Å². The molecule has 0 saturated heterocycles. The number of rotatable bonds is 7. The Morgan fingerprint density at radius 1 is 1.10 bits per heavy atom. The predicted octanol–water partition coefficient (Wildman–Crippen LogP) is 5.05. The summed E-state index contributed by atoms with van der Waals surface area (Å²) in [5, 5.41) is 12.5. The Kier molecular flexibility index (Phi) is 7.05. The average Bonchev–Trinajstić information content (AvgIpc) is 3.00. The number of carbonyl (C=O) groups is 1. The van der Waals surface area contributed by atoms with E-state index in [-0.39, 0.29) is 11.7 Å². The number of benzene rings is 2. The molecule has 1 heterocycles. The summed E-state index contributed by atoms with van der Waals surface area (Å²) in [5.41, 5.74) is 2.87. The van der Waals surface area contributed by atoms with Crippen LogP contribution in [-0.4, -0.2) is 26.4 Å². The molecule has 152 valence electrons. The van der Waals surface area contributed by atoms with Crippen molar-refractivity contribution >= 4 is 46.6 Å². The van der Waals surface area contributed by atoms with Crippen LogP contribution in [0.4, 0.5) is 5.69 Å². The first kappa shape index (κ1) is 21.5. The summed E-state index contributed by atoms with van der Waals surface area (Å²) in [6, 6.07) is 11.0. The third-order valence-corrected chi connectivity index (χ3v) is 5.78. The number of hydrogen-bond acceptors (Lipinski definition) is 5. The zero-order valence-electron chi connectivity index (χ0n) is 16.2. The van der Waals surface area contributed by atoms with E-state index in [4.69, 9.17) is 27.9 Å². The van der Waals surface area contributed by atoms with Gasteiger partial charge in [-0.3, -0.25) is 4.79 Å². The van der Waals surface area contributed by atoms with Crippen molar-refractivity contribution in [3.63, 3.8) is 0 Å². The van der Waals surface area contributed by atoms with Crippen LogP contribution in [0.25, 0.3) is 0 Å². The second kappa shape index (κ2) is 9.52. The molecule has 0 fully saturated rings. The van der Waals surface area contributed by atoms with Crippen LogP contribution in [0.3, 0.4) is 0 Å². The van der Waals surface area contributed by atoms with Crippen molar-refractivity contribution in [1.29, 1.82) is 0 Å². The standard InChI is InChI=1S/C20H20Cl2N4O2S/c1-12-6-13(2)8-15(7-12)28-10-18-24-25-20(26(18)3)29-11-19(27)23-14-4-5-16(21)17(22)9-14/h4-9H,10-11H2,1-3H3,(H,23,27). The second-order valence-corrected chi connectivity index (χ2v) is 8.29. The normalized spacial score (nSPS) is 10.8. The molecule has 3 rings (SSSR count). The largest absolute Gasteiger partial charge is 0.486 e. The molecule has 2 aromatic carbocycles. The molecule has 0 unspecified atom stereocenters. The molecule has 0 bridgehead atoms. The summed E-state index contributed by atoms with van der Waals surface area (Å²) in [6.07, 6.45) is 0. The Labute approximate surface area is 183 Å². The molecule has 0 atom stereocenters. The highest BCUT2D eigenvalue weighted by Gasteiger charge is 2.13. The fourth-order valence-electron chi connectivity index (χ4n) is 2.66. The number of nitrogens with zero attached hydrogens (tertiary/aromatic N) is 3. The van der Waals surface area contributed by atoms with Gasteiger partial charge in [0.2, 0.25) is 5.91 Å². The van der Waals surface area contributed by atoms with Gasteiger partial charge in [-0.05, 0) is 55.3 Å². The molecule has 1 N–H and O–H groups in total. The lowest BCUT2D eigenvalue weighted by molar-refractivity contribution is -0.113. The first-order valence-electron chi connectivity index (χ1n) is 8.79. The Hall–Kier alpha value is -2.22. The molecule has 0 aliphatic carbocycles. The van der Waals surface area contributed by atoms with E-state index in [9.17, 15) is 4.79 Å². The van der Waals surface area contributed by atoms with Gasteiger partial charge >= 0.3 is 0 Å². The van der Waals surface area contributed by atoms with Gasteiger partial charge in [-0.1, -0.05) is 41.0 Å². The molecule has 0 aliphatic heterocycles. The molecule has 3 aromatic rings. The van der Waals surface area contributed by atoms with Crippen LogP contribution in [0.2, 0.25) is 10.0 Å². The van der Waals surface area contributed by atoms with E-state index in [1.54, 1.807) is 18.2 Å². The van der Waals surface area contributed by atoms with Crippen molar-refractivity contribution in [2.75, 3.05) is 11.1 Å². The van der Waals surface area contributed by atoms with Crippen LogP contribution in [0.1, 0.15) is 17.0 Å². The smallest absolute Gasteiger partial charge is 0.234 e. The van der Waals surface area contributed by atoms with Crippen LogP contribution in [-0.2, 0) is 18.4 Å². The van der Waals surface area contributed by atoms with Gasteiger partial charge < -0.3 is 14.6 Å². The Morgan fingerprint density at radius 2 is 1.83 bits per heavy atom. The topological polar surface area (TPSA) is 69.0 Å². The van der Waals surface area contributed by atoms with Crippen LogP contribution in [0, 0.1) is 13.8 Å². The fraction of sp³-hybridized carbons (Fsp3) is 0.250. The van der Waals surface area contributed by atoms with Crippen molar-refractivity contribution in [3.05, 3.63) is 63.4 Å². The highest BCUT2D eigenvalue weighted by atomic mass is 35.5. The van der Waals surface area contributed by atoms with Gasteiger partial charge in [0.1, 0.15) is 12.4 Å².